The Labute approximate surface area is 128 Å². The Morgan fingerprint density at radius 3 is 1.32 bits per heavy atom. The lowest BCUT2D eigenvalue weighted by atomic mass is 9.82. The number of amides is 2. The smallest absolute Gasteiger partial charge is 0.351 e. The lowest BCUT2D eigenvalue weighted by Gasteiger charge is -2.34. The van der Waals surface area contributed by atoms with Gasteiger partial charge in [-0.05, 0) is 25.7 Å². The van der Waals surface area contributed by atoms with Crippen molar-refractivity contribution in [3.8, 4) is 0 Å². The number of nitrogens with zero attached hydrogens (tertiary/aromatic N) is 2. The molecular weight excluding hydrogens is 292 g/mol. The maximum Gasteiger partial charge on any atom is 0.423 e. The molecule has 0 aliphatic carbocycles. The van der Waals surface area contributed by atoms with Crippen LogP contribution < -0.4 is 11.5 Å². The van der Waals surface area contributed by atoms with Gasteiger partial charge in [0.2, 0.25) is 0 Å². The lowest BCUT2D eigenvalue weighted by Crippen LogP contribution is -2.43. The average Bonchev–Trinajstić information content (AvgIpc) is 2.47. The van der Waals surface area contributed by atoms with Gasteiger partial charge in [0, 0.05) is 38.0 Å². The van der Waals surface area contributed by atoms with Gasteiger partial charge in [-0.25, -0.2) is 9.59 Å². The van der Waals surface area contributed by atoms with Crippen molar-refractivity contribution in [1.82, 2.24) is 10.1 Å². The summed E-state index contributed by atoms with van der Waals surface area (Å²) in [6.45, 7) is 2.07. The van der Waals surface area contributed by atoms with E-state index in [1.165, 1.54) is 10.1 Å². The summed E-state index contributed by atoms with van der Waals surface area (Å²) in [6, 6.07) is 0. The van der Waals surface area contributed by atoms with Crippen LogP contribution in [0.4, 0.5) is 9.59 Å². The van der Waals surface area contributed by atoms with E-state index >= 15 is 0 Å². The van der Waals surface area contributed by atoms with Crippen LogP contribution in [-0.2, 0) is 14.5 Å². The summed E-state index contributed by atoms with van der Waals surface area (Å²) in [5.74, 6) is 0.222. The molecule has 2 fully saturated rings. The van der Waals surface area contributed by atoms with Crippen molar-refractivity contribution in [2.75, 3.05) is 26.2 Å². The van der Waals surface area contributed by atoms with E-state index in [0.29, 0.717) is 51.9 Å². The highest BCUT2D eigenvalue weighted by Gasteiger charge is 2.33. The second-order valence-electron chi connectivity index (χ2n) is 5.63. The van der Waals surface area contributed by atoms with E-state index in [1.807, 2.05) is 0 Å². The van der Waals surface area contributed by atoms with Crippen molar-refractivity contribution in [1.29, 1.82) is 0 Å². The minimum atomic E-state index is -0.827. The number of hydrogen-bond donors (Lipinski definition) is 2. The topological polar surface area (TPSA) is 128 Å². The van der Waals surface area contributed by atoms with Crippen LogP contribution in [-0.4, -0.2) is 54.3 Å². The molecule has 0 radical (unpaired) electrons. The Kier molecular flexibility index (Phi) is 5.56. The minimum Gasteiger partial charge on any atom is -0.351 e. The molecule has 0 aromatic carbocycles. The molecule has 2 aliphatic rings. The number of piperidine rings is 2. The normalized spacial score (nSPS) is 22.2. The summed E-state index contributed by atoms with van der Waals surface area (Å²) < 4.78 is 0. The van der Waals surface area contributed by atoms with Crippen molar-refractivity contribution in [3.05, 3.63) is 0 Å². The number of primary amides is 2. The number of hydroxylamine groups is 4. The number of nitrogens with two attached hydrogens (primary N) is 2. The van der Waals surface area contributed by atoms with E-state index < -0.39 is 12.2 Å². The summed E-state index contributed by atoms with van der Waals surface area (Å²) in [5, 5.41) is 2.99. The predicted octanol–water partition coefficient (Wildman–Crippen LogP) is 0.000100. The number of carbonyl (C=O) groups excluding carboxylic acids is 3. The molecule has 0 aromatic rings. The standard InChI is InChI=1S/C13H22N4O5/c14-12(19)21-16-5-1-9(2-6-16)11(18)10-3-7-17(8-4-10)22-13(15)20/h9-10H,1-8H2,(H2,14,19)(H2,15,20). The molecule has 0 saturated carbocycles. The number of rotatable bonds is 4. The number of ketones is 1. The second kappa shape index (κ2) is 7.41. The Hall–Kier alpha value is -1.87. The Balaban J connectivity index is 1.74. The molecule has 0 spiro atoms. The van der Waals surface area contributed by atoms with Gasteiger partial charge in [-0.3, -0.25) is 4.79 Å². The van der Waals surface area contributed by atoms with Crippen molar-refractivity contribution in [2.24, 2.45) is 23.3 Å². The zero-order valence-electron chi connectivity index (χ0n) is 12.4. The van der Waals surface area contributed by atoms with Crippen molar-refractivity contribution < 1.29 is 24.1 Å². The number of hydrogen-bond acceptors (Lipinski definition) is 7. The second-order valence-corrected chi connectivity index (χ2v) is 5.63. The maximum atomic E-state index is 12.5. The summed E-state index contributed by atoms with van der Waals surface area (Å²) in [6.07, 6.45) is 0.973. The third kappa shape index (κ3) is 4.57. The SMILES string of the molecule is NC(=O)ON1CCC(C(=O)C2CCN(OC(N)=O)CC2)CC1. The monoisotopic (exact) mass is 314 g/mol. The van der Waals surface area contributed by atoms with Crippen molar-refractivity contribution in [2.45, 2.75) is 25.7 Å². The van der Waals surface area contributed by atoms with Gasteiger partial charge in [0.05, 0.1) is 0 Å². The van der Waals surface area contributed by atoms with Gasteiger partial charge in [-0.1, -0.05) is 0 Å². The molecule has 124 valence electrons. The zero-order valence-corrected chi connectivity index (χ0v) is 12.4. The Morgan fingerprint density at radius 2 is 1.05 bits per heavy atom. The van der Waals surface area contributed by atoms with E-state index in [9.17, 15) is 14.4 Å². The molecular formula is C13H22N4O5. The van der Waals surface area contributed by atoms with Gasteiger partial charge in [0.25, 0.3) is 0 Å². The first-order valence-corrected chi connectivity index (χ1v) is 7.44. The van der Waals surface area contributed by atoms with Crippen LogP contribution >= 0.6 is 0 Å². The fourth-order valence-electron chi connectivity index (χ4n) is 3.05. The highest BCUT2D eigenvalue weighted by Crippen LogP contribution is 2.27. The minimum absolute atomic E-state index is 0.0127. The summed E-state index contributed by atoms with van der Waals surface area (Å²) in [5.41, 5.74) is 9.93. The van der Waals surface area contributed by atoms with Crippen LogP contribution in [0.15, 0.2) is 0 Å². The van der Waals surface area contributed by atoms with E-state index in [-0.39, 0.29) is 17.6 Å². The summed E-state index contributed by atoms with van der Waals surface area (Å²) in [7, 11) is 0. The molecule has 9 heteroatoms. The highest BCUT2D eigenvalue weighted by atomic mass is 16.7. The lowest BCUT2D eigenvalue weighted by molar-refractivity contribution is -0.145. The van der Waals surface area contributed by atoms with Gasteiger partial charge >= 0.3 is 12.2 Å². The third-order valence-corrected chi connectivity index (χ3v) is 4.15. The van der Waals surface area contributed by atoms with Gasteiger partial charge in [0.1, 0.15) is 5.78 Å². The van der Waals surface area contributed by atoms with Crippen LogP contribution in [0.1, 0.15) is 25.7 Å². The molecule has 2 heterocycles. The van der Waals surface area contributed by atoms with E-state index in [2.05, 4.69) is 0 Å². The fraction of sp³-hybridized carbons (Fsp3) is 0.769. The van der Waals surface area contributed by atoms with Gasteiger partial charge in [-0.15, -0.1) is 10.1 Å². The highest BCUT2D eigenvalue weighted by molar-refractivity contribution is 5.83. The first kappa shape index (κ1) is 16.5. The summed E-state index contributed by atoms with van der Waals surface area (Å²) >= 11 is 0. The molecule has 9 nitrogen and oxygen atoms in total. The van der Waals surface area contributed by atoms with Gasteiger partial charge < -0.3 is 21.1 Å². The molecule has 0 atom stereocenters. The van der Waals surface area contributed by atoms with Crippen molar-refractivity contribution >= 4 is 18.0 Å². The molecule has 2 aliphatic heterocycles. The van der Waals surface area contributed by atoms with E-state index in [1.54, 1.807) is 0 Å². The van der Waals surface area contributed by atoms with Crippen LogP contribution in [0.3, 0.4) is 0 Å². The largest absolute Gasteiger partial charge is 0.423 e. The van der Waals surface area contributed by atoms with Crippen LogP contribution in [0, 0.1) is 11.8 Å². The fourth-order valence-corrected chi connectivity index (χ4v) is 3.05. The molecule has 0 bridgehead atoms. The predicted molar refractivity (Wildman–Crippen MR) is 74.9 cm³/mol. The first-order valence-electron chi connectivity index (χ1n) is 7.44. The Morgan fingerprint density at radius 1 is 0.727 bits per heavy atom. The van der Waals surface area contributed by atoms with E-state index in [0.717, 1.165) is 0 Å². The quantitative estimate of drug-likeness (QED) is 0.747. The number of carbonyl (C=O) groups is 3. The molecule has 0 unspecified atom stereocenters. The van der Waals surface area contributed by atoms with E-state index in [4.69, 9.17) is 21.1 Å². The van der Waals surface area contributed by atoms with Crippen LogP contribution in [0.25, 0.3) is 0 Å². The molecule has 2 saturated heterocycles. The Bertz CT molecular complexity index is 390. The van der Waals surface area contributed by atoms with Crippen molar-refractivity contribution in [3.63, 3.8) is 0 Å². The molecule has 2 rings (SSSR count). The van der Waals surface area contributed by atoms with Gasteiger partial charge in [-0.2, -0.15) is 0 Å². The molecule has 2 amide bonds. The number of Topliss-reactive ketones (excluding diaryl/α,β-unsaturated/α-hetero) is 1. The maximum absolute atomic E-state index is 12.5. The van der Waals surface area contributed by atoms with Gasteiger partial charge in [0.15, 0.2) is 0 Å². The first-order chi connectivity index (χ1) is 10.5. The zero-order chi connectivity index (χ0) is 16.1. The molecule has 0 aromatic heterocycles. The van der Waals surface area contributed by atoms with Crippen LogP contribution in [0.2, 0.25) is 0 Å². The molecule has 22 heavy (non-hydrogen) atoms. The third-order valence-electron chi connectivity index (χ3n) is 4.15. The summed E-state index contributed by atoms with van der Waals surface area (Å²) in [4.78, 5) is 43.5. The molecule has 4 N–H and O–H groups in total. The van der Waals surface area contributed by atoms with Crippen LogP contribution in [0.5, 0.6) is 0 Å². The average molecular weight is 314 g/mol.